The molecule has 3 unspecified atom stereocenters. The molecule has 1 saturated heterocycles. The fourth-order valence-corrected chi connectivity index (χ4v) is 1.90. The SMILES string of the molecule is CCC1NCC2CC21. The lowest BCUT2D eigenvalue weighted by Gasteiger charge is -2.07. The van der Waals surface area contributed by atoms with E-state index in [1.807, 2.05) is 0 Å². The standard InChI is InChI=1S/C7H13N/c1-2-7-6-3-5(6)4-8-7/h5-8H,2-4H2,1H3. The van der Waals surface area contributed by atoms with E-state index in [1.54, 1.807) is 0 Å². The Morgan fingerprint density at radius 2 is 2.50 bits per heavy atom. The third-order valence-electron chi connectivity index (χ3n) is 2.58. The zero-order chi connectivity index (χ0) is 5.56. The van der Waals surface area contributed by atoms with Crippen LogP contribution in [0.3, 0.4) is 0 Å². The Hall–Kier alpha value is -0.0400. The van der Waals surface area contributed by atoms with Gasteiger partial charge in [0.2, 0.25) is 0 Å². The molecule has 1 aliphatic carbocycles. The number of piperidine rings is 1. The first-order valence-electron chi connectivity index (χ1n) is 3.65. The largest absolute Gasteiger partial charge is 0.313 e. The fraction of sp³-hybridized carbons (Fsp3) is 1.00. The lowest BCUT2D eigenvalue weighted by molar-refractivity contribution is 0.519. The van der Waals surface area contributed by atoms with Crippen molar-refractivity contribution in [2.24, 2.45) is 11.8 Å². The number of hydrogen-bond donors (Lipinski definition) is 1. The van der Waals surface area contributed by atoms with Crippen LogP contribution in [0.15, 0.2) is 0 Å². The smallest absolute Gasteiger partial charge is 0.00960 e. The van der Waals surface area contributed by atoms with Gasteiger partial charge in [-0.25, -0.2) is 0 Å². The highest BCUT2D eigenvalue weighted by atomic mass is 15.0. The molecule has 0 bridgehead atoms. The minimum atomic E-state index is 0.889. The van der Waals surface area contributed by atoms with Crippen molar-refractivity contribution >= 4 is 0 Å². The van der Waals surface area contributed by atoms with Crippen LogP contribution < -0.4 is 5.32 Å². The van der Waals surface area contributed by atoms with Gasteiger partial charge in [0.15, 0.2) is 0 Å². The van der Waals surface area contributed by atoms with Gasteiger partial charge in [0.1, 0.15) is 0 Å². The highest BCUT2D eigenvalue weighted by Crippen LogP contribution is 2.45. The van der Waals surface area contributed by atoms with Crippen molar-refractivity contribution in [3.8, 4) is 0 Å². The van der Waals surface area contributed by atoms with Crippen molar-refractivity contribution in [3.05, 3.63) is 0 Å². The first-order chi connectivity index (χ1) is 3.92. The Bertz CT molecular complexity index is 101. The molecule has 1 aliphatic heterocycles. The summed E-state index contributed by atoms with van der Waals surface area (Å²) in [5, 5.41) is 3.51. The number of hydrogen-bond acceptors (Lipinski definition) is 1. The molecule has 46 valence electrons. The minimum Gasteiger partial charge on any atom is -0.313 e. The zero-order valence-electron chi connectivity index (χ0n) is 5.35. The Morgan fingerprint density at radius 1 is 1.62 bits per heavy atom. The average molecular weight is 111 g/mol. The van der Waals surface area contributed by atoms with Crippen molar-refractivity contribution in [1.82, 2.24) is 5.32 Å². The van der Waals surface area contributed by atoms with Crippen LogP contribution in [0.1, 0.15) is 19.8 Å². The summed E-state index contributed by atoms with van der Waals surface area (Å²) in [5.74, 6) is 2.17. The molecule has 0 radical (unpaired) electrons. The molecule has 1 N–H and O–H groups in total. The molecule has 0 aromatic heterocycles. The summed E-state index contributed by atoms with van der Waals surface area (Å²) >= 11 is 0. The summed E-state index contributed by atoms with van der Waals surface area (Å²) in [6.45, 7) is 3.58. The summed E-state index contributed by atoms with van der Waals surface area (Å²) < 4.78 is 0. The van der Waals surface area contributed by atoms with Gasteiger partial charge in [-0.1, -0.05) is 6.92 Å². The Labute approximate surface area is 50.5 Å². The van der Waals surface area contributed by atoms with Gasteiger partial charge >= 0.3 is 0 Å². The molecule has 2 aliphatic rings. The second-order valence-corrected chi connectivity index (χ2v) is 3.08. The van der Waals surface area contributed by atoms with Crippen molar-refractivity contribution in [2.75, 3.05) is 6.54 Å². The molecule has 1 heteroatoms. The van der Waals surface area contributed by atoms with E-state index < -0.39 is 0 Å². The van der Waals surface area contributed by atoms with Gasteiger partial charge in [-0.3, -0.25) is 0 Å². The van der Waals surface area contributed by atoms with E-state index in [0.717, 1.165) is 17.9 Å². The van der Waals surface area contributed by atoms with Crippen molar-refractivity contribution in [1.29, 1.82) is 0 Å². The molecule has 1 saturated carbocycles. The van der Waals surface area contributed by atoms with Gasteiger partial charge in [-0.05, 0) is 31.2 Å². The Morgan fingerprint density at radius 3 is 2.75 bits per heavy atom. The third kappa shape index (κ3) is 0.510. The molecule has 2 rings (SSSR count). The zero-order valence-corrected chi connectivity index (χ0v) is 5.35. The lowest BCUT2D eigenvalue weighted by atomic mass is 10.1. The Kier molecular flexibility index (Phi) is 0.884. The number of rotatable bonds is 1. The van der Waals surface area contributed by atoms with Gasteiger partial charge in [0.05, 0.1) is 0 Å². The van der Waals surface area contributed by atoms with Crippen LogP contribution in [0.2, 0.25) is 0 Å². The maximum Gasteiger partial charge on any atom is 0.00960 e. The molecule has 1 heterocycles. The fourth-order valence-electron chi connectivity index (χ4n) is 1.90. The summed E-state index contributed by atoms with van der Waals surface area (Å²) in [7, 11) is 0. The first kappa shape index (κ1) is 4.80. The second-order valence-electron chi connectivity index (χ2n) is 3.08. The molecular formula is C7H13N. The average Bonchev–Trinajstić information content (AvgIpc) is 2.46. The highest BCUT2D eigenvalue weighted by Gasteiger charge is 2.46. The van der Waals surface area contributed by atoms with Crippen molar-refractivity contribution in [2.45, 2.75) is 25.8 Å². The van der Waals surface area contributed by atoms with Crippen molar-refractivity contribution < 1.29 is 0 Å². The molecule has 0 aromatic carbocycles. The van der Waals surface area contributed by atoms with Gasteiger partial charge in [0.25, 0.3) is 0 Å². The van der Waals surface area contributed by atoms with Gasteiger partial charge in [-0.15, -0.1) is 0 Å². The van der Waals surface area contributed by atoms with Crippen LogP contribution in [-0.4, -0.2) is 12.6 Å². The van der Waals surface area contributed by atoms with E-state index in [-0.39, 0.29) is 0 Å². The van der Waals surface area contributed by atoms with Crippen LogP contribution in [0.25, 0.3) is 0 Å². The van der Waals surface area contributed by atoms with E-state index in [0.29, 0.717) is 0 Å². The predicted octanol–water partition coefficient (Wildman–Crippen LogP) is 1.00. The lowest BCUT2D eigenvalue weighted by Crippen LogP contribution is -2.24. The molecule has 1 nitrogen and oxygen atoms in total. The maximum absolute atomic E-state index is 3.51. The van der Waals surface area contributed by atoms with E-state index in [1.165, 1.54) is 19.4 Å². The van der Waals surface area contributed by atoms with Gasteiger partial charge < -0.3 is 5.32 Å². The van der Waals surface area contributed by atoms with Crippen LogP contribution in [0.5, 0.6) is 0 Å². The van der Waals surface area contributed by atoms with Gasteiger partial charge in [0, 0.05) is 6.04 Å². The Balaban J connectivity index is 1.97. The molecule has 2 fully saturated rings. The van der Waals surface area contributed by atoms with E-state index in [9.17, 15) is 0 Å². The van der Waals surface area contributed by atoms with Crippen molar-refractivity contribution in [3.63, 3.8) is 0 Å². The molecule has 8 heavy (non-hydrogen) atoms. The topological polar surface area (TPSA) is 12.0 Å². The van der Waals surface area contributed by atoms with E-state index >= 15 is 0 Å². The molecule has 0 amide bonds. The first-order valence-corrected chi connectivity index (χ1v) is 3.65. The van der Waals surface area contributed by atoms with E-state index in [2.05, 4.69) is 12.2 Å². The monoisotopic (exact) mass is 111 g/mol. The minimum absolute atomic E-state index is 0.889. The number of nitrogens with one attached hydrogen (secondary N) is 1. The molecule has 3 atom stereocenters. The molecule has 0 spiro atoms. The summed E-state index contributed by atoms with van der Waals surface area (Å²) in [4.78, 5) is 0. The quantitative estimate of drug-likeness (QED) is 0.532. The number of fused-ring (bicyclic) bond motifs is 1. The summed E-state index contributed by atoms with van der Waals surface area (Å²) in [5.41, 5.74) is 0. The highest BCUT2D eigenvalue weighted by molar-refractivity contribution is 5.01. The third-order valence-corrected chi connectivity index (χ3v) is 2.58. The summed E-state index contributed by atoms with van der Waals surface area (Å²) in [6.07, 6.45) is 2.85. The van der Waals surface area contributed by atoms with Crippen LogP contribution in [-0.2, 0) is 0 Å². The molecular weight excluding hydrogens is 98.1 g/mol. The summed E-state index contributed by atoms with van der Waals surface area (Å²) in [6, 6.07) is 0.889. The normalized spacial score (nSPS) is 51.4. The second kappa shape index (κ2) is 1.47. The van der Waals surface area contributed by atoms with Crippen LogP contribution >= 0.6 is 0 Å². The maximum atomic E-state index is 3.51. The van der Waals surface area contributed by atoms with Crippen LogP contribution in [0.4, 0.5) is 0 Å². The predicted molar refractivity (Wildman–Crippen MR) is 33.7 cm³/mol. The van der Waals surface area contributed by atoms with Crippen LogP contribution in [0, 0.1) is 11.8 Å². The van der Waals surface area contributed by atoms with Gasteiger partial charge in [-0.2, -0.15) is 0 Å². The van der Waals surface area contributed by atoms with E-state index in [4.69, 9.17) is 0 Å². The molecule has 0 aromatic rings.